The standard InChI is InChI=1S/C14H13ClFNO3/c15-8-5-6-12(11(16)7-8)17-13(18)9-3-1-2-4-10(9)14(19)20/h1-2,5-7,9-10H,3-4H2,(H,17,18)(H,19,20)/t9-,10+/m0/s1. The van der Waals surface area contributed by atoms with Gasteiger partial charge >= 0.3 is 5.97 Å². The molecule has 0 aliphatic heterocycles. The highest BCUT2D eigenvalue weighted by molar-refractivity contribution is 6.30. The van der Waals surface area contributed by atoms with Crippen LogP contribution in [0.4, 0.5) is 10.1 Å². The Hall–Kier alpha value is -1.88. The minimum Gasteiger partial charge on any atom is -0.481 e. The summed E-state index contributed by atoms with van der Waals surface area (Å²) in [6, 6.07) is 3.90. The summed E-state index contributed by atoms with van der Waals surface area (Å²) in [5.74, 6) is -3.65. The average molecular weight is 298 g/mol. The first-order valence-electron chi connectivity index (χ1n) is 6.12. The van der Waals surface area contributed by atoms with Gasteiger partial charge in [-0.25, -0.2) is 4.39 Å². The number of carbonyl (C=O) groups is 2. The third-order valence-corrected chi connectivity index (χ3v) is 3.51. The molecule has 0 unspecified atom stereocenters. The van der Waals surface area contributed by atoms with Gasteiger partial charge in [-0.15, -0.1) is 0 Å². The Bertz CT molecular complexity index is 574. The van der Waals surface area contributed by atoms with Crippen molar-refractivity contribution >= 4 is 29.2 Å². The maximum Gasteiger partial charge on any atom is 0.307 e. The van der Waals surface area contributed by atoms with Crippen LogP contribution in [0.2, 0.25) is 5.02 Å². The van der Waals surface area contributed by atoms with Crippen LogP contribution in [0.5, 0.6) is 0 Å². The number of benzene rings is 1. The summed E-state index contributed by atoms with van der Waals surface area (Å²) < 4.78 is 13.6. The molecule has 2 N–H and O–H groups in total. The van der Waals surface area contributed by atoms with Crippen molar-refractivity contribution in [3.8, 4) is 0 Å². The summed E-state index contributed by atoms with van der Waals surface area (Å²) in [5.41, 5.74) is -0.00177. The van der Waals surface area contributed by atoms with Gasteiger partial charge in [-0.3, -0.25) is 9.59 Å². The first kappa shape index (κ1) is 14.5. The third kappa shape index (κ3) is 3.17. The molecule has 0 saturated carbocycles. The number of hydrogen-bond donors (Lipinski definition) is 2. The van der Waals surface area contributed by atoms with Crippen LogP contribution in [0.15, 0.2) is 30.4 Å². The molecule has 2 atom stereocenters. The molecule has 0 aromatic heterocycles. The summed E-state index contributed by atoms with van der Waals surface area (Å²) in [5, 5.41) is 11.8. The largest absolute Gasteiger partial charge is 0.481 e. The highest BCUT2D eigenvalue weighted by Gasteiger charge is 2.34. The number of halogens is 2. The summed E-state index contributed by atoms with van der Waals surface area (Å²) in [4.78, 5) is 23.2. The molecule has 0 saturated heterocycles. The normalized spacial score (nSPS) is 21.5. The molecule has 1 aliphatic rings. The minimum atomic E-state index is -1.02. The molecule has 1 aromatic carbocycles. The van der Waals surface area contributed by atoms with E-state index in [9.17, 15) is 14.0 Å². The second-order valence-electron chi connectivity index (χ2n) is 4.61. The Kier molecular flexibility index (Phi) is 4.39. The second-order valence-corrected chi connectivity index (χ2v) is 5.04. The Balaban J connectivity index is 2.14. The lowest BCUT2D eigenvalue weighted by atomic mass is 9.82. The zero-order valence-electron chi connectivity index (χ0n) is 10.5. The van der Waals surface area contributed by atoms with Crippen molar-refractivity contribution in [3.05, 3.63) is 41.2 Å². The van der Waals surface area contributed by atoms with Crippen LogP contribution in [0, 0.1) is 17.7 Å². The quantitative estimate of drug-likeness (QED) is 0.843. The monoisotopic (exact) mass is 297 g/mol. The van der Waals surface area contributed by atoms with Gasteiger partial charge in [0.25, 0.3) is 0 Å². The molecule has 1 amide bonds. The molecule has 0 radical (unpaired) electrons. The van der Waals surface area contributed by atoms with Crippen LogP contribution in [0.3, 0.4) is 0 Å². The highest BCUT2D eigenvalue weighted by Crippen LogP contribution is 2.28. The SMILES string of the molecule is O=C(Nc1ccc(Cl)cc1F)[C@H]1CC=CC[C@H]1C(=O)O. The van der Waals surface area contributed by atoms with E-state index in [2.05, 4.69) is 5.32 Å². The Morgan fingerprint density at radius 2 is 1.90 bits per heavy atom. The second kappa shape index (κ2) is 6.05. The Labute approximate surface area is 120 Å². The molecule has 0 heterocycles. The lowest BCUT2D eigenvalue weighted by Gasteiger charge is -2.24. The molecule has 4 nitrogen and oxygen atoms in total. The van der Waals surface area contributed by atoms with Gasteiger partial charge in [0.15, 0.2) is 0 Å². The molecule has 2 rings (SSSR count). The number of carboxylic acid groups (broad SMARTS) is 1. The zero-order chi connectivity index (χ0) is 14.7. The summed E-state index contributed by atoms with van der Waals surface area (Å²) in [6.07, 6.45) is 4.14. The van der Waals surface area contributed by atoms with E-state index < -0.39 is 29.5 Å². The summed E-state index contributed by atoms with van der Waals surface area (Å²) in [6.45, 7) is 0. The fourth-order valence-electron chi connectivity index (χ4n) is 2.19. The van der Waals surface area contributed by atoms with Crippen molar-refractivity contribution in [1.82, 2.24) is 0 Å². The summed E-state index contributed by atoms with van der Waals surface area (Å²) in [7, 11) is 0. The van der Waals surface area contributed by atoms with Crippen molar-refractivity contribution in [2.45, 2.75) is 12.8 Å². The minimum absolute atomic E-state index is 0.00177. The lowest BCUT2D eigenvalue weighted by Crippen LogP contribution is -2.34. The van der Waals surface area contributed by atoms with E-state index in [1.54, 1.807) is 12.2 Å². The van der Waals surface area contributed by atoms with Gasteiger partial charge in [0.05, 0.1) is 17.5 Å². The number of amides is 1. The van der Waals surface area contributed by atoms with Gasteiger partial charge in [0.1, 0.15) is 5.82 Å². The number of anilines is 1. The van der Waals surface area contributed by atoms with Crippen LogP contribution in [0.25, 0.3) is 0 Å². The van der Waals surface area contributed by atoms with Crippen LogP contribution >= 0.6 is 11.6 Å². The van der Waals surface area contributed by atoms with Gasteiger partial charge in [-0.05, 0) is 31.0 Å². The molecule has 1 aromatic rings. The molecule has 0 spiro atoms. The van der Waals surface area contributed by atoms with E-state index in [0.717, 1.165) is 6.07 Å². The highest BCUT2D eigenvalue weighted by atomic mass is 35.5. The molecular formula is C14H13ClFNO3. The van der Waals surface area contributed by atoms with Crippen molar-refractivity contribution in [2.75, 3.05) is 5.32 Å². The number of allylic oxidation sites excluding steroid dienone is 2. The Morgan fingerprint density at radius 1 is 1.25 bits per heavy atom. The average Bonchev–Trinajstić information content (AvgIpc) is 2.41. The molecule has 0 fully saturated rings. The van der Waals surface area contributed by atoms with E-state index in [-0.39, 0.29) is 10.7 Å². The van der Waals surface area contributed by atoms with Crippen molar-refractivity contribution < 1.29 is 19.1 Å². The van der Waals surface area contributed by atoms with E-state index >= 15 is 0 Å². The van der Waals surface area contributed by atoms with Gasteiger partial charge in [0.2, 0.25) is 5.91 Å². The molecule has 0 bridgehead atoms. The maximum absolute atomic E-state index is 13.6. The van der Waals surface area contributed by atoms with Gasteiger partial charge in [-0.2, -0.15) is 0 Å². The molecule has 6 heteroatoms. The van der Waals surface area contributed by atoms with Gasteiger partial charge in [-0.1, -0.05) is 23.8 Å². The van der Waals surface area contributed by atoms with Crippen molar-refractivity contribution in [3.63, 3.8) is 0 Å². The van der Waals surface area contributed by atoms with Gasteiger partial charge in [0, 0.05) is 5.02 Å². The van der Waals surface area contributed by atoms with E-state index in [4.69, 9.17) is 16.7 Å². The number of carboxylic acids is 1. The smallest absolute Gasteiger partial charge is 0.307 e. The Morgan fingerprint density at radius 3 is 2.50 bits per heavy atom. The molecule has 1 aliphatic carbocycles. The number of hydrogen-bond acceptors (Lipinski definition) is 2. The fourth-order valence-corrected chi connectivity index (χ4v) is 2.35. The first-order chi connectivity index (χ1) is 9.49. The molecule has 20 heavy (non-hydrogen) atoms. The van der Waals surface area contributed by atoms with Crippen LogP contribution in [0.1, 0.15) is 12.8 Å². The summed E-state index contributed by atoms with van der Waals surface area (Å²) >= 11 is 5.63. The topological polar surface area (TPSA) is 66.4 Å². The molecule has 106 valence electrons. The number of carbonyl (C=O) groups excluding carboxylic acids is 1. The number of nitrogens with one attached hydrogen (secondary N) is 1. The van der Waals surface area contributed by atoms with Crippen LogP contribution in [-0.2, 0) is 9.59 Å². The van der Waals surface area contributed by atoms with Crippen LogP contribution in [-0.4, -0.2) is 17.0 Å². The first-order valence-corrected chi connectivity index (χ1v) is 6.50. The maximum atomic E-state index is 13.6. The third-order valence-electron chi connectivity index (χ3n) is 3.28. The fraction of sp³-hybridized carbons (Fsp3) is 0.286. The number of aliphatic carboxylic acids is 1. The zero-order valence-corrected chi connectivity index (χ0v) is 11.2. The van der Waals surface area contributed by atoms with Crippen LogP contribution < -0.4 is 5.32 Å². The lowest BCUT2D eigenvalue weighted by molar-refractivity contribution is -0.146. The molecular weight excluding hydrogens is 285 g/mol. The van der Waals surface area contributed by atoms with E-state index in [1.165, 1.54) is 12.1 Å². The predicted molar refractivity (Wildman–Crippen MR) is 73.0 cm³/mol. The van der Waals surface area contributed by atoms with Crippen molar-refractivity contribution in [1.29, 1.82) is 0 Å². The van der Waals surface area contributed by atoms with Crippen molar-refractivity contribution in [2.24, 2.45) is 11.8 Å². The predicted octanol–water partition coefficient (Wildman–Crippen LogP) is 3.08. The van der Waals surface area contributed by atoms with E-state index in [0.29, 0.717) is 12.8 Å². The van der Waals surface area contributed by atoms with E-state index in [1.807, 2.05) is 0 Å². The van der Waals surface area contributed by atoms with Gasteiger partial charge < -0.3 is 10.4 Å². The number of rotatable bonds is 3.